The summed E-state index contributed by atoms with van der Waals surface area (Å²) in [7, 11) is 0. The average Bonchev–Trinajstić information content (AvgIpc) is 3.20. The van der Waals surface area contributed by atoms with Crippen LogP contribution in [0.15, 0.2) is 48.7 Å². The lowest BCUT2D eigenvalue weighted by atomic mass is 9.71. The Labute approximate surface area is 176 Å². The quantitative estimate of drug-likeness (QED) is 0.734. The molecule has 2 saturated heterocycles. The predicted molar refractivity (Wildman–Crippen MR) is 112 cm³/mol. The van der Waals surface area contributed by atoms with Crippen LogP contribution in [0, 0.1) is 23.2 Å². The van der Waals surface area contributed by atoms with Crippen LogP contribution in [0.25, 0.3) is 0 Å². The van der Waals surface area contributed by atoms with Crippen molar-refractivity contribution in [1.82, 2.24) is 26.1 Å². The number of urea groups is 1. The van der Waals surface area contributed by atoms with Gasteiger partial charge in [-0.05, 0) is 48.8 Å². The molecule has 5 unspecified atom stereocenters. The van der Waals surface area contributed by atoms with Crippen LogP contribution in [0.4, 0.5) is 4.79 Å². The Kier molecular flexibility index (Phi) is 4.89. The van der Waals surface area contributed by atoms with Crippen LogP contribution in [-0.2, 0) is 0 Å². The Morgan fingerprint density at radius 1 is 1.13 bits per heavy atom. The van der Waals surface area contributed by atoms with Gasteiger partial charge in [0.25, 0.3) is 0 Å². The Morgan fingerprint density at radius 2 is 1.97 bits per heavy atom. The second-order valence-corrected chi connectivity index (χ2v) is 8.65. The van der Waals surface area contributed by atoms with Crippen LogP contribution in [-0.4, -0.2) is 34.5 Å². The summed E-state index contributed by atoms with van der Waals surface area (Å²) < 4.78 is 0. The highest BCUT2D eigenvalue weighted by atomic mass is 16.2. The molecule has 0 radical (unpaired) electrons. The van der Waals surface area contributed by atoms with Crippen molar-refractivity contribution in [2.24, 2.45) is 11.8 Å². The lowest BCUT2D eigenvalue weighted by Gasteiger charge is -2.47. The molecule has 154 valence electrons. The van der Waals surface area contributed by atoms with Crippen LogP contribution in [0.1, 0.15) is 48.7 Å². The first-order valence-electron chi connectivity index (χ1n) is 10.6. The second kappa shape index (κ2) is 7.71. The SMILES string of the molecule is C[C@H](c1ccccc1)N1CC2CC3C(CC2NC1=O)NNC3c1ccc(C#N)nc1. The fourth-order valence-electron chi connectivity index (χ4n) is 5.34. The zero-order valence-corrected chi connectivity index (χ0v) is 17.0. The molecule has 6 atom stereocenters. The van der Waals surface area contributed by atoms with Gasteiger partial charge in [0.1, 0.15) is 11.8 Å². The number of nitrogens with one attached hydrogen (secondary N) is 3. The highest BCUT2D eigenvalue weighted by molar-refractivity contribution is 5.76. The second-order valence-electron chi connectivity index (χ2n) is 8.65. The zero-order valence-electron chi connectivity index (χ0n) is 17.0. The number of benzene rings is 1. The van der Waals surface area contributed by atoms with Crippen molar-refractivity contribution in [3.63, 3.8) is 0 Å². The molecular formula is C23H26N6O. The molecule has 1 aromatic carbocycles. The number of pyridine rings is 1. The van der Waals surface area contributed by atoms with Crippen molar-refractivity contribution >= 4 is 6.03 Å². The Bertz CT molecular complexity index is 956. The molecule has 3 N–H and O–H groups in total. The van der Waals surface area contributed by atoms with Crippen molar-refractivity contribution in [1.29, 1.82) is 5.26 Å². The fraction of sp³-hybridized carbons (Fsp3) is 0.435. The van der Waals surface area contributed by atoms with Gasteiger partial charge in [-0.2, -0.15) is 5.26 Å². The maximum Gasteiger partial charge on any atom is 0.318 e. The van der Waals surface area contributed by atoms with Gasteiger partial charge in [0.2, 0.25) is 0 Å². The number of nitriles is 1. The van der Waals surface area contributed by atoms with Crippen molar-refractivity contribution in [3.05, 3.63) is 65.5 Å². The van der Waals surface area contributed by atoms with E-state index < -0.39 is 0 Å². The summed E-state index contributed by atoms with van der Waals surface area (Å²) in [4.78, 5) is 19.1. The summed E-state index contributed by atoms with van der Waals surface area (Å²) >= 11 is 0. The Balaban J connectivity index is 1.33. The van der Waals surface area contributed by atoms with Gasteiger partial charge in [-0.3, -0.25) is 5.43 Å². The lowest BCUT2D eigenvalue weighted by molar-refractivity contribution is 0.0835. The largest absolute Gasteiger partial charge is 0.335 e. The molecule has 2 aliphatic heterocycles. The van der Waals surface area contributed by atoms with Crippen molar-refractivity contribution in [2.75, 3.05) is 6.54 Å². The average molecular weight is 403 g/mol. The minimum absolute atomic E-state index is 0.0323. The molecule has 0 spiro atoms. The number of hydrogen-bond donors (Lipinski definition) is 3. The first-order valence-corrected chi connectivity index (χ1v) is 10.6. The van der Waals surface area contributed by atoms with E-state index in [4.69, 9.17) is 5.26 Å². The van der Waals surface area contributed by atoms with E-state index in [0.29, 0.717) is 23.6 Å². The van der Waals surface area contributed by atoms with E-state index >= 15 is 0 Å². The number of carbonyl (C=O) groups excluding carboxylic acids is 1. The van der Waals surface area contributed by atoms with Gasteiger partial charge >= 0.3 is 6.03 Å². The number of aromatic nitrogens is 1. The first-order chi connectivity index (χ1) is 14.6. The predicted octanol–water partition coefficient (Wildman–Crippen LogP) is 2.65. The third kappa shape index (κ3) is 3.32. The van der Waals surface area contributed by atoms with E-state index in [9.17, 15) is 4.79 Å². The summed E-state index contributed by atoms with van der Waals surface area (Å²) in [6, 6.07) is 16.8. The Hall–Kier alpha value is -2.95. The van der Waals surface area contributed by atoms with E-state index in [1.54, 1.807) is 12.3 Å². The number of hydrazine groups is 1. The monoisotopic (exact) mass is 402 g/mol. The van der Waals surface area contributed by atoms with Crippen LogP contribution in [0.3, 0.4) is 0 Å². The minimum Gasteiger partial charge on any atom is -0.335 e. The third-order valence-corrected chi connectivity index (χ3v) is 7.03. The molecule has 1 aliphatic carbocycles. The molecule has 2 aromatic rings. The van der Waals surface area contributed by atoms with Gasteiger partial charge < -0.3 is 10.2 Å². The van der Waals surface area contributed by atoms with Gasteiger partial charge in [-0.15, -0.1) is 0 Å². The first kappa shape index (κ1) is 19.0. The van der Waals surface area contributed by atoms with E-state index in [1.807, 2.05) is 29.2 Å². The van der Waals surface area contributed by atoms with E-state index in [2.05, 4.69) is 46.3 Å². The molecule has 1 saturated carbocycles. The summed E-state index contributed by atoms with van der Waals surface area (Å²) in [5.74, 6) is 0.829. The number of amides is 2. The van der Waals surface area contributed by atoms with Crippen molar-refractivity contribution < 1.29 is 4.79 Å². The fourth-order valence-corrected chi connectivity index (χ4v) is 5.34. The number of carbonyl (C=O) groups is 1. The van der Waals surface area contributed by atoms with E-state index in [0.717, 1.165) is 30.5 Å². The van der Waals surface area contributed by atoms with Crippen LogP contribution >= 0.6 is 0 Å². The molecule has 5 rings (SSSR count). The van der Waals surface area contributed by atoms with Crippen LogP contribution in [0.5, 0.6) is 0 Å². The van der Waals surface area contributed by atoms with Crippen LogP contribution < -0.4 is 16.2 Å². The molecular weight excluding hydrogens is 376 g/mol. The smallest absolute Gasteiger partial charge is 0.318 e. The van der Waals surface area contributed by atoms with Crippen LogP contribution in [0.2, 0.25) is 0 Å². The topological polar surface area (TPSA) is 93.1 Å². The molecule has 30 heavy (non-hydrogen) atoms. The number of rotatable bonds is 3. The maximum absolute atomic E-state index is 12.8. The highest BCUT2D eigenvalue weighted by Gasteiger charge is 2.48. The lowest BCUT2D eigenvalue weighted by Crippen LogP contribution is -2.61. The van der Waals surface area contributed by atoms with E-state index in [-0.39, 0.29) is 24.2 Å². The molecule has 3 aliphatic rings. The summed E-state index contributed by atoms with van der Waals surface area (Å²) in [6.07, 6.45) is 3.75. The molecule has 0 bridgehead atoms. The van der Waals surface area contributed by atoms with Gasteiger partial charge in [-0.1, -0.05) is 36.4 Å². The standard InChI is InChI=1S/C23H26N6O/c1-14(15-5-3-2-4-6-15)29-13-17-9-19-21(10-20(17)26-23(29)30)27-28-22(19)16-7-8-18(11-24)25-12-16/h2-8,12,14,17,19-22,27-28H,9-10,13H2,1H3,(H,26,30)/t14-,17?,19?,20?,21?,22?/m1/s1. The van der Waals surface area contributed by atoms with E-state index in [1.165, 1.54) is 0 Å². The molecule has 3 heterocycles. The summed E-state index contributed by atoms with van der Waals surface area (Å²) in [6.45, 7) is 2.87. The third-order valence-electron chi connectivity index (χ3n) is 7.03. The molecule has 1 aromatic heterocycles. The molecule has 7 nitrogen and oxygen atoms in total. The summed E-state index contributed by atoms with van der Waals surface area (Å²) in [5.41, 5.74) is 9.56. The number of hydrogen-bond acceptors (Lipinski definition) is 5. The maximum atomic E-state index is 12.8. The highest BCUT2D eigenvalue weighted by Crippen LogP contribution is 2.42. The zero-order chi connectivity index (χ0) is 20.7. The van der Waals surface area contributed by atoms with Gasteiger partial charge in [0.05, 0.1) is 12.1 Å². The van der Waals surface area contributed by atoms with Gasteiger partial charge in [-0.25, -0.2) is 15.2 Å². The molecule has 7 heteroatoms. The Morgan fingerprint density at radius 3 is 2.70 bits per heavy atom. The number of fused-ring (bicyclic) bond motifs is 2. The van der Waals surface area contributed by atoms with Crippen molar-refractivity contribution in [2.45, 2.75) is 43.9 Å². The van der Waals surface area contributed by atoms with Gasteiger partial charge in [0, 0.05) is 24.8 Å². The van der Waals surface area contributed by atoms with Crippen molar-refractivity contribution in [3.8, 4) is 6.07 Å². The molecule has 3 fully saturated rings. The summed E-state index contributed by atoms with van der Waals surface area (Å²) in [5, 5.41) is 12.3. The normalized spacial score (nSPS) is 31.3. The minimum atomic E-state index is 0.0323. The molecule has 2 amide bonds. The van der Waals surface area contributed by atoms with Gasteiger partial charge in [0.15, 0.2) is 0 Å². The number of nitrogens with zero attached hydrogens (tertiary/aromatic N) is 3.